The van der Waals surface area contributed by atoms with Crippen LogP contribution in [-0.2, 0) is 15.1 Å². The van der Waals surface area contributed by atoms with Crippen LogP contribution in [0.25, 0.3) is 0 Å². The lowest BCUT2D eigenvalue weighted by atomic mass is 9.82. The van der Waals surface area contributed by atoms with Gasteiger partial charge in [-0.15, -0.1) is 0 Å². The van der Waals surface area contributed by atoms with Gasteiger partial charge in [-0.3, -0.25) is 4.79 Å². The first-order chi connectivity index (χ1) is 11.6. The SMILES string of the molecule is O=C(NC1(c2ccc(F)cc2)CCOCC1)C(O)c1ccccc1. The van der Waals surface area contributed by atoms with Crippen molar-refractivity contribution in [1.82, 2.24) is 5.32 Å². The Kier molecular flexibility index (Phi) is 4.92. The summed E-state index contributed by atoms with van der Waals surface area (Å²) in [6, 6.07) is 14.9. The molecule has 24 heavy (non-hydrogen) atoms. The lowest BCUT2D eigenvalue weighted by molar-refractivity contribution is -0.133. The topological polar surface area (TPSA) is 58.6 Å². The van der Waals surface area contributed by atoms with Crippen LogP contribution in [-0.4, -0.2) is 24.2 Å². The zero-order valence-corrected chi connectivity index (χ0v) is 13.2. The third-order valence-corrected chi connectivity index (χ3v) is 4.47. The standard InChI is InChI=1S/C19H20FNO3/c20-16-8-6-15(7-9-16)19(10-12-24-13-11-19)21-18(23)17(22)14-4-2-1-3-5-14/h1-9,17,22H,10-13H2,(H,21,23). The van der Waals surface area contributed by atoms with Gasteiger partial charge in [-0.05, 0) is 36.1 Å². The summed E-state index contributed by atoms with van der Waals surface area (Å²) in [7, 11) is 0. The Hall–Kier alpha value is -2.24. The molecule has 2 aromatic carbocycles. The predicted octanol–water partition coefficient (Wildman–Crippen LogP) is 2.68. The number of aliphatic hydroxyl groups is 1. The van der Waals surface area contributed by atoms with Gasteiger partial charge in [0, 0.05) is 13.2 Å². The number of halogens is 1. The minimum Gasteiger partial charge on any atom is -0.381 e. The van der Waals surface area contributed by atoms with E-state index in [1.54, 1.807) is 36.4 Å². The summed E-state index contributed by atoms with van der Waals surface area (Å²) in [6.45, 7) is 0.998. The maximum Gasteiger partial charge on any atom is 0.254 e. The molecule has 0 radical (unpaired) electrons. The molecule has 4 nitrogen and oxygen atoms in total. The first kappa shape index (κ1) is 16.6. The number of rotatable bonds is 4. The first-order valence-electron chi connectivity index (χ1n) is 8.00. The van der Waals surface area contributed by atoms with Gasteiger partial charge >= 0.3 is 0 Å². The maximum atomic E-state index is 13.2. The van der Waals surface area contributed by atoms with E-state index in [2.05, 4.69) is 5.32 Å². The number of carbonyl (C=O) groups excluding carboxylic acids is 1. The van der Waals surface area contributed by atoms with Crippen LogP contribution < -0.4 is 5.32 Å². The highest BCUT2D eigenvalue weighted by molar-refractivity contribution is 5.82. The van der Waals surface area contributed by atoms with E-state index >= 15 is 0 Å². The van der Waals surface area contributed by atoms with Gasteiger partial charge in [0.25, 0.3) is 5.91 Å². The maximum absolute atomic E-state index is 13.2. The number of carbonyl (C=O) groups is 1. The number of hydrogen-bond donors (Lipinski definition) is 2. The number of aliphatic hydroxyl groups excluding tert-OH is 1. The second-order valence-corrected chi connectivity index (χ2v) is 6.00. The van der Waals surface area contributed by atoms with Crippen molar-refractivity contribution in [2.75, 3.05) is 13.2 Å². The molecule has 5 heteroatoms. The molecule has 2 N–H and O–H groups in total. The summed E-state index contributed by atoms with van der Waals surface area (Å²) >= 11 is 0. The van der Waals surface area contributed by atoms with E-state index in [1.165, 1.54) is 12.1 Å². The van der Waals surface area contributed by atoms with E-state index < -0.39 is 17.6 Å². The second-order valence-electron chi connectivity index (χ2n) is 6.00. The Morgan fingerprint density at radius 3 is 2.33 bits per heavy atom. The normalized spacial score (nSPS) is 17.9. The highest BCUT2D eigenvalue weighted by Crippen LogP contribution is 2.33. The summed E-state index contributed by atoms with van der Waals surface area (Å²) in [4.78, 5) is 12.6. The van der Waals surface area contributed by atoms with Crippen LogP contribution in [0.15, 0.2) is 54.6 Å². The fourth-order valence-electron chi connectivity index (χ4n) is 3.07. The van der Waals surface area contributed by atoms with Gasteiger partial charge in [0.1, 0.15) is 5.82 Å². The molecule has 1 amide bonds. The average molecular weight is 329 g/mol. The highest BCUT2D eigenvalue weighted by Gasteiger charge is 2.37. The van der Waals surface area contributed by atoms with E-state index in [0.717, 1.165) is 5.56 Å². The number of amides is 1. The largest absolute Gasteiger partial charge is 0.381 e. The molecule has 1 aliphatic heterocycles. The molecule has 0 saturated carbocycles. The van der Waals surface area contributed by atoms with Crippen LogP contribution in [0, 0.1) is 5.82 Å². The van der Waals surface area contributed by atoms with Crippen molar-refractivity contribution in [2.24, 2.45) is 0 Å². The Labute approximate surface area is 140 Å². The molecule has 1 atom stereocenters. The Balaban J connectivity index is 1.84. The molecular formula is C19H20FNO3. The Morgan fingerprint density at radius 1 is 1.08 bits per heavy atom. The number of nitrogens with one attached hydrogen (secondary N) is 1. The minimum atomic E-state index is -1.24. The van der Waals surface area contributed by atoms with Gasteiger partial charge in [0.05, 0.1) is 5.54 Å². The molecule has 3 rings (SSSR count). The van der Waals surface area contributed by atoms with Crippen molar-refractivity contribution in [3.05, 3.63) is 71.5 Å². The third kappa shape index (κ3) is 3.47. The molecule has 1 heterocycles. The predicted molar refractivity (Wildman–Crippen MR) is 87.7 cm³/mol. The molecule has 1 unspecified atom stereocenters. The second kappa shape index (κ2) is 7.11. The smallest absolute Gasteiger partial charge is 0.254 e. The van der Waals surface area contributed by atoms with E-state index in [9.17, 15) is 14.3 Å². The molecule has 126 valence electrons. The van der Waals surface area contributed by atoms with Crippen LogP contribution in [0.5, 0.6) is 0 Å². The molecule has 1 saturated heterocycles. The van der Waals surface area contributed by atoms with Gasteiger partial charge in [-0.1, -0.05) is 42.5 Å². The van der Waals surface area contributed by atoms with Crippen LogP contribution in [0.3, 0.4) is 0 Å². The number of benzene rings is 2. The summed E-state index contributed by atoms with van der Waals surface area (Å²) in [5.41, 5.74) is 0.704. The van der Waals surface area contributed by atoms with Gasteiger partial charge in [-0.25, -0.2) is 4.39 Å². The minimum absolute atomic E-state index is 0.323. The zero-order valence-electron chi connectivity index (χ0n) is 13.2. The molecule has 0 aromatic heterocycles. The lowest BCUT2D eigenvalue weighted by Gasteiger charge is -2.39. The van der Waals surface area contributed by atoms with Crippen LogP contribution >= 0.6 is 0 Å². The van der Waals surface area contributed by atoms with Crippen LogP contribution in [0.1, 0.15) is 30.1 Å². The highest BCUT2D eigenvalue weighted by atomic mass is 19.1. The van der Waals surface area contributed by atoms with Crippen molar-refractivity contribution < 1.29 is 19.0 Å². The van der Waals surface area contributed by atoms with Gasteiger partial charge in [0.15, 0.2) is 6.10 Å². The van der Waals surface area contributed by atoms with Crippen molar-refractivity contribution in [3.63, 3.8) is 0 Å². The molecule has 1 fully saturated rings. The summed E-state index contributed by atoms with van der Waals surface area (Å²) < 4.78 is 18.6. The quantitative estimate of drug-likeness (QED) is 0.907. The fourth-order valence-corrected chi connectivity index (χ4v) is 3.07. The van der Waals surface area contributed by atoms with Crippen molar-refractivity contribution >= 4 is 5.91 Å². The van der Waals surface area contributed by atoms with E-state index in [0.29, 0.717) is 31.6 Å². The Morgan fingerprint density at radius 2 is 1.71 bits per heavy atom. The molecule has 1 aliphatic rings. The lowest BCUT2D eigenvalue weighted by Crippen LogP contribution is -2.50. The molecule has 0 spiro atoms. The monoisotopic (exact) mass is 329 g/mol. The molecular weight excluding hydrogens is 309 g/mol. The van der Waals surface area contributed by atoms with Crippen LogP contribution in [0.2, 0.25) is 0 Å². The van der Waals surface area contributed by atoms with Crippen molar-refractivity contribution in [3.8, 4) is 0 Å². The molecule has 0 aliphatic carbocycles. The molecule has 0 bridgehead atoms. The van der Waals surface area contributed by atoms with E-state index in [4.69, 9.17) is 4.74 Å². The van der Waals surface area contributed by atoms with Crippen LogP contribution in [0.4, 0.5) is 4.39 Å². The van der Waals surface area contributed by atoms with E-state index in [-0.39, 0.29) is 5.82 Å². The Bertz CT molecular complexity index is 682. The van der Waals surface area contributed by atoms with Gasteiger partial charge in [-0.2, -0.15) is 0 Å². The number of hydrogen-bond acceptors (Lipinski definition) is 3. The molecule has 2 aromatic rings. The van der Waals surface area contributed by atoms with Gasteiger partial charge in [0.2, 0.25) is 0 Å². The van der Waals surface area contributed by atoms with Crippen molar-refractivity contribution in [1.29, 1.82) is 0 Å². The fraction of sp³-hybridized carbons (Fsp3) is 0.316. The summed E-state index contributed by atoms with van der Waals surface area (Å²) in [5.74, 6) is -0.788. The average Bonchev–Trinajstić information content (AvgIpc) is 2.63. The first-order valence-corrected chi connectivity index (χ1v) is 8.00. The third-order valence-electron chi connectivity index (χ3n) is 4.47. The van der Waals surface area contributed by atoms with E-state index in [1.807, 2.05) is 6.07 Å². The zero-order chi connectivity index (χ0) is 17.0. The van der Waals surface area contributed by atoms with Gasteiger partial charge < -0.3 is 15.2 Å². The number of ether oxygens (including phenoxy) is 1. The summed E-state index contributed by atoms with van der Waals surface area (Å²) in [6.07, 6.45) is -0.0935. The van der Waals surface area contributed by atoms with Crippen molar-refractivity contribution in [2.45, 2.75) is 24.5 Å². The summed E-state index contributed by atoms with van der Waals surface area (Å²) in [5, 5.41) is 13.3.